The van der Waals surface area contributed by atoms with E-state index in [4.69, 9.17) is 0 Å². The molecule has 0 atom stereocenters. The molecule has 0 amide bonds. The van der Waals surface area contributed by atoms with Crippen LogP contribution in [-0.2, 0) is 0 Å². The Morgan fingerprint density at radius 2 is 2.18 bits per heavy atom. The number of hydrogen-bond acceptors (Lipinski definition) is 3. The Kier molecular flexibility index (Phi) is 3.14. The molecule has 0 saturated carbocycles. The summed E-state index contributed by atoms with van der Waals surface area (Å²) in [7, 11) is 0. The van der Waals surface area contributed by atoms with Crippen molar-refractivity contribution >= 4 is 22.6 Å². The Bertz CT molecular complexity index is 640. The topological polar surface area (TPSA) is 66.0 Å². The van der Waals surface area contributed by atoms with Crippen LogP contribution in [-0.4, -0.2) is 15.1 Å². The number of H-pyrrole nitrogens is 1. The molecule has 88 valence electrons. The molecular weight excluding hydrogens is 338 g/mol. The van der Waals surface area contributed by atoms with Gasteiger partial charge in [-0.25, -0.2) is 4.39 Å². The van der Waals surface area contributed by atoms with Gasteiger partial charge in [-0.1, -0.05) is 12.1 Å². The van der Waals surface area contributed by atoms with Crippen LogP contribution >= 0.6 is 22.6 Å². The first-order valence-electron chi connectivity index (χ1n) is 4.74. The first-order chi connectivity index (χ1) is 7.99. The Morgan fingerprint density at radius 3 is 2.76 bits per heavy atom. The first kappa shape index (κ1) is 12.0. The number of hydrogen-bond donors (Lipinski definition) is 2. The number of aryl methyl sites for hydroxylation is 1. The Balaban J connectivity index is 2.61. The third-order valence-corrected chi connectivity index (χ3v) is 3.26. The lowest BCUT2D eigenvalue weighted by Crippen LogP contribution is -2.12. The molecule has 6 heteroatoms. The third-order valence-electron chi connectivity index (χ3n) is 2.29. The van der Waals surface area contributed by atoms with Crippen molar-refractivity contribution in [1.82, 2.24) is 9.97 Å². The van der Waals surface area contributed by atoms with Gasteiger partial charge in [-0.05, 0) is 41.1 Å². The lowest BCUT2D eigenvalue weighted by atomic mass is 10.1. The molecule has 0 unspecified atom stereocenters. The highest BCUT2D eigenvalue weighted by molar-refractivity contribution is 14.1. The monoisotopic (exact) mass is 346 g/mol. The summed E-state index contributed by atoms with van der Waals surface area (Å²) in [5.74, 6) is -0.597. The van der Waals surface area contributed by atoms with Crippen molar-refractivity contribution < 1.29 is 9.50 Å². The normalized spacial score (nSPS) is 10.5. The maximum atomic E-state index is 13.4. The molecule has 2 rings (SSSR count). The summed E-state index contributed by atoms with van der Waals surface area (Å²) in [6.07, 6.45) is 0. The van der Waals surface area contributed by atoms with Crippen molar-refractivity contribution in [1.29, 1.82) is 0 Å². The second kappa shape index (κ2) is 4.44. The summed E-state index contributed by atoms with van der Waals surface area (Å²) in [6, 6.07) is 4.47. The maximum Gasteiger partial charge on any atom is 0.268 e. The second-order valence-electron chi connectivity index (χ2n) is 3.52. The average Bonchev–Trinajstić information content (AvgIpc) is 2.29. The van der Waals surface area contributed by atoms with Gasteiger partial charge in [0.25, 0.3) is 5.56 Å². The smallest absolute Gasteiger partial charge is 0.268 e. The zero-order valence-electron chi connectivity index (χ0n) is 8.79. The van der Waals surface area contributed by atoms with E-state index in [0.717, 1.165) is 0 Å². The summed E-state index contributed by atoms with van der Waals surface area (Å²) in [5, 5.41) is 9.43. The minimum Gasteiger partial charge on any atom is -0.492 e. The van der Waals surface area contributed by atoms with Crippen LogP contribution in [0, 0.1) is 16.3 Å². The minimum absolute atomic E-state index is 0.110. The van der Waals surface area contributed by atoms with E-state index in [1.165, 1.54) is 6.07 Å². The van der Waals surface area contributed by atoms with Gasteiger partial charge in [0, 0.05) is 5.56 Å². The quantitative estimate of drug-likeness (QED) is 0.778. The van der Waals surface area contributed by atoms with E-state index in [1.807, 2.05) is 0 Å². The molecule has 0 fully saturated rings. The van der Waals surface area contributed by atoms with Crippen LogP contribution in [0.1, 0.15) is 5.56 Å². The first-order valence-corrected chi connectivity index (χ1v) is 5.82. The molecule has 1 heterocycles. The molecule has 17 heavy (non-hydrogen) atoms. The maximum absolute atomic E-state index is 13.4. The molecule has 0 bridgehead atoms. The zero-order valence-corrected chi connectivity index (χ0v) is 10.9. The molecule has 0 saturated heterocycles. The van der Waals surface area contributed by atoms with Crippen molar-refractivity contribution in [3.63, 3.8) is 0 Å². The molecule has 4 nitrogen and oxygen atoms in total. The van der Waals surface area contributed by atoms with Crippen LogP contribution in [0.25, 0.3) is 11.4 Å². The fourth-order valence-electron chi connectivity index (χ4n) is 1.32. The van der Waals surface area contributed by atoms with Crippen molar-refractivity contribution in [2.45, 2.75) is 6.92 Å². The lowest BCUT2D eigenvalue weighted by molar-refractivity contribution is 0.447. The summed E-state index contributed by atoms with van der Waals surface area (Å²) < 4.78 is 13.5. The molecular formula is C11H8FIN2O2. The van der Waals surface area contributed by atoms with Crippen LogP contribution < -0.4 is 5.56 Å². The summed E-state index contributed by atoms with van der Waals surface area (Å²) in [5.41, 5.74) is 0.469. The SMILES string of the molecule is Cc1ccc(-c2nc(O)c(I)c(=O)[nH]2)cc1F. The van der Waals surface area contributed by atoms with E-state index in [-0.39, 0.29) is 21.1 Å². The summed E-state index contributed by atoms with van der Waals surface area (Å²) >= 11 is 1.69. The molecule has 0 aliphatic rings. The molecule has 2 aromatic rings. The van der Waals surface area contributed by atoms with E-state index in [2.05, 4.69) is 9.97 Å². The number of rotatable bonds is 1. The summed E-state index contributed by atoms with van der Waals surface area (Å²) in [6.45, 7) is 1.64. The van der Waals surface area contributed by atoms with E-state index in [1.54, 1.807) is 41.6 Å². The van der Waals surface area contributed by atoms with E-state index >= 15 is 0 Å². The van der Waals surface area contributed by atoms with E-state index in [9.17, 15) is 14.3 Å². The standard InChI is InChI=1S/C11H8FIN2O2/c1-5-2-3-6(4-7(5)12)9-14-10(16)8(13)11(17)15-9/h2-4H,1H3,(H2,14,15,16,17). The van der Waals surface area contributed by atoms with Gasteiger partial charge in [-0.2, -0.15) is 4.98 Å². The summed E-state index contributed by atoms with van der Waals surface area (Å²) in [4.78, 5) is 17.7. The van der Waals surface area contributed by atoms with Gasteiger partial charge in [-0.15, -0.1) is 0 Å². The van der Waals surface area contributed by atoms with Gasteiger partial charge in [0.1, 0.15) is 15.2 Å². The van der Waals surface area contributed by atoms with Crippen LogP contribution in [0.2, 0.25) is 0 Å². The fourth-order valence-corrected chi connectivity index (χ4v) is 1.58. The largest absolute Gasteiger partial charge is 0.492 e. The predicted molar refractivity (Wildman–Crippen MR) is 69.4 cm³/mol. The van der Waals surface area contributed by atoms with Crippen molar-refractivity contribution in [3.8, 4) is 17.3 Å². The fraction of sp³-hybridized carbons (Fsp3) is 0.0909. The lowest BCUT2D eigenvalue weighted by Gasteiger charge is -2.04. The number of nitrogens with one attached hydrogen (secondary N) is 1. The van der Waals surface area contributed by atoms with Crippen LogP contribution in [0.5, 0.6) is 5.88 Å². The molecule has 0 radical (unpaired) electrons. The van der Waals surface area contributed by atoms with Gasteiger partial charge in [-0.3, -0.25) is 4.79 Å². The van der Waals surface area contributed by atoms with E-state index < -0.39 is 5.56 Å². The average molecular weight is 346 g/mol. The number of aromatic amines is 1. The number of aromatic hydroxyl groups is 1. The zero-order chi connectivity index (χ0) is 12.6. The Hall–Kier alpha value is -1.44. The predicted octanol–water partition coefficient (Wildman–Crippen LogP) is 2.19. The second-order valence-corrected chi connectivity index (χ2v) is 4.59. The molecule has 1 aromatic carbocycles. The van der Waals surface area contributed by atoms with Crippen LogP contribution in [0.3, 0.4) is 0 Å². The number of halogens is 2. The van der Waals surface area contributed by atoms with Crippen molar-refractivity contribution in [2.24, 2.45) is 0 Å². The third kappa shape index (κ3) is 2.31. The highest BCUT2D eigenvalue weighted by atomic mass is 127. The number of aromatic nitrogens is 2. The number of nitrogens with zero attached hydrogens (tertiary/aromatic N) is 1. The highest BCUT2D eigenvalue weighted by Gasteiger charge is 2.10. The van der Waals surface area contributed by atoms with Crippen molar-refractivity contribution in [3.05, 3.63) is 43.5 Å². The van der Waals surface area contributed by atoms with Gasteiger partial charge >= 0.3 is 0 Å². The van der Waals surface area contributed by atoms with Crippen molar-refractivity contribution in [2.75, 3.05) is 0 Å². The highest BCUT2D eigenvalue weighted by Crippen LogP contribution is 2.20. The molecule has 2 N–H and O–H groups in total. The van der Waals surface area contributed by atoms with E-state index in [0.29, 0.717) is 11.1 Å². The van der Waals surface area contributed by atoms with Gasteiger partial charge in [0.15, 0.2) is 0 Å². The number of benzene rings is 1. The van der Waals surface area contributed by atoms with Crippen LogP contribution in [0.4, 0.5) is 4.39 Å². The molecule has 1 aromatic heterocycles. The minimum atomic E-state index is -0.450. The van der Waals surface area contributed by atoms with Crippen LogP contribution in [0.15, 0.2) is 23.0 Å². The van der Waals surface area contributed by atoms with Gasteiger partial charge in [0.05, 0.1) is 0 Å². The van der Waals surface area contributed by atoms with Gasteiger partial charge in [0.2, 0.25) is 5.88 Å². The molecule has 0 aliphatic heterocycles. The Labute approximate surface area is 110 Å². The molecule has 0 spiro atoms. The van der Waals surface area contributed by atoms with Gasteiger partial charge < -0.3 is 10.1 Å². The molecule has 0 aliphatic carbocycles. The Morgan fingerprint density at radius 1 is 1.47 bits per heavy atom.